The molecule has 0 fully saturated rings. The molecule has 8 nitrogen and oxygen atoms in total. The molecule has 0 saturated carbocycles. The van der Waals surface area contributed by atoms with E-state index < -0.39 is 34.1 Å². The molecular weight excluding hydrogens is 456 g/mol. The monoisotopic (exact) mass is 484 g/mol. The topological polar surface area (TPSA) is 148 Å². The predicted molar refractivity (Wildman–Crippen MR) is 129 cm³/mol. The molecule has 0 spiro atoms. The lowest BCUT2D eigenvalue weighted by Gasteiger charge is -2.51. The van der Waals surface area contributed by atoms with E-state index in [1.54, 1.807) is 26.0 Å². The molecule has 184 valence electrons. The molecule has 0 bridgehead atoms. The molecule has 1 aromatic carbocycles. The van der Waals surface area contributed by atoms with Gasteiger partial charge in [0, 0.05) is 25.2 Å². The zero-order valence-electron chi connectivity index (χ0n) is 20.9. The highest BCUT2D eigenvalue weighted by molar-refractivity contribution is 5.67. The second kappa shape index (κ2) is 11.4. The van der Waals surface area contributed by atoms with Crippen LogP contribution in [0.15, 0.2) is 53.6 Å². The van der Waals surface area contributed by atoms with Crippen molar-refractivity contribution in [2.24, 2.45) is 22.2 Å². The van der Waals surface area contributed by atoms with Crippen molar-refractivity contribution in [3.8, 4) is 24.3 Å². The Kier molecular flexibility index (Phi) is 8.78. The van der Waals surface area contributed by atoms with Crippen LogP contribution in [0.2, 0.25) is 0 Å². The van der Waals surface area contributed by atoms with Crippen molar-refractivity contribution in [3.05, 3.63) is 59.2 Å². The van der Waals surface area contributed by atoms with E-state index >= 15 is 0 Å². The van der Waals surface area contributed by atoms with Crippen molar-refractivity contribution in [2.45, 2.75) is 40.5 Å². The van der Waals surface area contributed by atoms with Crippen LogP contribution >= 0.6 is 0 Å². The molecule has 36 heavy (non-hydrogen) atoms. The number of esters is 2. The van der Waals surface area contributed by atoms with E-state index in [0.29, 0.717) is 24.0 Å². The van der Waals surface area contributed by atoms with Crippen LogP contribution in [0.5, 0.6) is 0 Å². The second-order valence-electron chi connectivity index (χ2n) is 9.15. The minimum absolute atomic E-state index is 0.123. The first-order valence-electron chi connectivity index (χ1n) is 11.4. The third-order valence-corrected chi connectivity index (χ3v) is 6.79. The van der Waals surface area contributed by atoms with Gasteiger partial charge in [0.05, 0.1) is 24.3 Å². The van der Waals surface area contributed by atoms with E-state index in [1.165, 1.54) is 13.8 Å². The number of ether oxygens (including phenoxy) is 2. The van der Waals surface area contributed by atoms with Crippen molar-refractivity contribution in [1.29, 1.82) is 21.0 Å². The number of benzene rings is 1. The summed E-state index contributed by atoms with van der Waals surface area (Å²) in [6, 6.07) is 17.6. The first kappa shape index (κ1) is 27.8. The first-order chi connectivity index (χ1) is 17.0. The van der Waals surface area contributed by atoms with Crippen molar-refractivity contribution in [1.82, 2.24) is 0 Å². The van der Waals surface area contributed by atoms with Crippen LogP contribution in [0.3, 0.4) is 0 Å². The first-order valence-corrected chi connectivity index (χ1v) is 11.4. The van der Waals surface area contributed by atoms with E-state index in [1.807, 2.05) is 54.6 Å². The van der Waals surface area contributed by atoms with Gasteiger partial charge in [-0.3, -0.25) is 9.59 Å². The summed E-state index contributed by atoms with van der Waals surface area (Å²) < 4.78 is 10.3. The van der Waals surface area contributed by atoms with E-state index in [4.69, 9.17) is 9.47 Å². The molecular formula is C28H28N4O4. The van der Waals surface area contributed by atoms with Crippen LogP contribution < -0.4 is 0 Å². The normalized spacial score (nSPS) is 19.3. The van der Waals surface area contributed by atoms with Gasteiger partial charge < -0.3 is 9.47 Å². The average molecular weight is 485 g/mol. The number of nitriles is 4. The smallest absolute Gasteiger partial charge is 0.302 e. The van der Waals surface area contributed by atoms with Gasteiger partial charge in [-0.1, -0.05) is 50.3 Å². The Morgan fingerprint density at radius 1 is 0.944 bits per heavy atom. The van der Waals surface area contributed by atoms with E-state index in [9.17, 15) is 30.6 Å². The highest BCUT2D eigenvalue weighted by atomic mass is 16.5. The number of carbonyl (C=O) groups excluding carboxylic acids is 2. The lowest BCUT2D eigenvalue weighted by atomic mass is 9.44. The van der Waals surface area contributed by atoms with E-state index in [2.05, 4.69) is 0 Å². The summed E-state index contributed by atoms with van der Waals surface area (Å²) in [5, 5.41) is 41.3. The molecule has 0 amide bonds. The molecule has 2 rings (SSSR count). The Morgan fingerprint density at radius 3 is 2.03 bits per heavy atom. The van der Waals surface area contributed by atoms with Crippen LogP contribution in [0.4, 0.5) is 0 Å². The lowest BCUT2D eigenvalue weighted by Crippen LogP contribution is -2.56. The number of aryl methyl sites for hydroxylation is 1. The van der Waals surface area contributed by atoms with Crippen molar-refractivity contribution >= 4 is 11.9 Å². The largest absolute Gasteiger partial charge is 0.462 e. The molecule has 0 radical (unpaired) electrons. The van der Waals surface area contributed by atoms with E-state index in [-0.39, 0.29) is 13.2 Å². The number of rotatable bonds is 8. The summed E-state index contributed by atoms with van der Waals surface area (Å²) in [6.45, 7) is 5.43. The van der Waals surface area contributed by atoms with Gasteiger partial charge in [-0.2, -0.15) is 21.0 Å². The SMILES string of the molecule is CC(=O)OC/C=C(\COC(C)=O)C1=CC(CCc2ccccc2)C(C#N)(C#N)C(C#N)(C#N)C1(C)C. The molecule has 0 N–H and O–H groups in total. The van der Waals surface area contributed by atoms with Crippen LogP contribution in [-0.4, -0.2) is 25.2 Å². The summed E-state index contributed by atoms with van der Waals surface area (Å²) >= 11 is 0. The molecule has 1 aliphatic rings. The number of hydrogen-bond acceptors (Lipinski definition) is 8. The lowest BCUT2D eigenvalue weighted by molar-refractivity contribution is -0.141. The van der Waals surface area contributed by atoms with Crippen molar-refractivity contribution in [2.75, 3.05) is 13.2 Å². The highest BCUT2D eigenvalue weighted by Gasteiger charge is 2.68. The Hall–Kier alpha value is -4.40. The fraction of sp³-hybridized carbons (Fsp3) is 0.429. The fourth-order valence-electron chi connectivity index (χ4n) is 4.81. The summed E-state index contributed by atoms with van der Waals surface area (Å²) in [6.07, 6.45) is 4.12. The molecule has 8 heteroatoms. The van der Waals surface area contributed by atoms with Crippen LogP contribution in [0.25, 0.3) is 0 Å². The number of carbonyl (C=O) groups is 2. The summed E-state index contributed by atoms with van der Waals surface area (Å²) in [5.74, 6) is -1.84. The van der Waals surface area contributed by atoms with Gasteiger partial charge in [-0.05, 0) is 35.6 Å². The Bertz CT molecular complexity index is 1210. The third kappa shape index (κ3) is 5.00. The molecule has 1 atom stereocenters. The maximum Gasteiger partial charge on any atom is 0.302 e. The zero-order valence-corrected chi connectivity index (χ0v) is 20.9. The van der Waals surface area contributed by atoms with Gasteiger partial charge in [-0.15, -0.1) is 0 Å². The van der Waals surface area contributed by atoms with Crippen molar-refractivity contribution in [3.63, 3.8) is 0 Å². The number of nitrogens with zero attached hydrogens (tertiary/aromatic N) is 4. The van der Waals surface area contributed by atoms with Gasteiger partial charge in [-0.25, -0.2) is 0 Å². The van der Waals surface area contributed by atoms with Crippen LogP contribution in [-0.2, 0) is 25.5 Å². The number of hydrogen-bond donors (Lipinski definition) is 0. The van der Waals surface area contributed by atoms with Gasteiger partial charge in [0.15, 0.2) is 10.8 Å². The van der Waals surface area contributed by atoms with Gasteiger partial charge in [0.1, 0.15) is 13.2 Å². The minimum atomic E-state index is -2.05. The minimum Gasteiger partial charge on any atom is -0.462 e. The van der Waals surface area contributed by atoms with Gasteiger partial charge in [0.25, 0.3) is 0 Å². The Morgan fingerprint density at radius 2 is 1.53 bits per heavy atom. The molecule has 0 saturated heterocycles. The second-order valence-corrected chi connectivity index (χ2v) is 9.15. The van der Waals surface area contributed by atoms with Crippen LogP contribution in [0.1, 0.15) is 39.7 Å². The number of allylic oxidation sites excluding steroid dienone is 1. The summed E-state index contributed by atoms with van der Waals surface area (Å²) in [4.78, 5) is 22.9. The maximum absolute atomic E-state index is 11.6. The predicted octanol–water partition coefficient (Wildman–Crippen LogP) is 4.32. The fourth-order valence-corrected chi connectivity index (χ4v) is 4.81. The molecule has 0 aliphatic heterocycles. The highest BCUT2D eigenvalue weighted by Crippen LogP contribution is 2.63. The summed E-state index contributed by atoms with van der Waals surface area (Å²) in [5.41, 5.74) is -3.44. The zero-order chi connectivity index (χ0) is 27.0. The molecule has 1 aliphatic carbocycles. The maximum atomic E-state index is 11.6. The van der Waals surface area contributed by atoms with Gasteiger partial charge >= 0.3 is 11.9 Å². The molecule has 0 aromatic heterocycles. The average Bonchev–Trinajstić information content (AvgIpc) is 2.85. The quantitative estimate of drug-likeness (QED) is 0.495. The standard InChI is InChI=1S/C28H28N4O4/c1-20(33)35-13-12-23(15-36-21(2)34)25-14-24(11-10-22-8-6-5-7-9-22)27(16-29,17-30)28(18-31,19-32)26(25,3)4/h5-9,12,14,24H,10-11,13,15H2,1-4H3/b23-12+. The Labute approximate surface area is 211 Å². The van der Waals surface area contributed by atoms with E-state index in [0.717, 1.165) is 5.56 Å². The Balaban J connectivity index is 2.76. The third-order valence-electron chi connectivity index (χ3n) is 6.79. The van der Waals surface area contributed by atoms with Crippen molar-refractivity contribution < 1.29 is 19.1 Å². The van der Waals surface area contributed by atoms with Gasteiger partial charge in [0.2, 0.25) is 0 Å². The molecule has 1 unspecified atom stereocenters. The molecule has 1 aromatic rings. The molecule has 0 heterocycles. The van der Waals surface area contributed by atoms with Crippen LogP contribution in [0, 0.1) is 67.5 Å². The summed E-state index contributed by atoms with van der Waals surface area (Å²) in [7, 11) is 0.